The van der Waals surface area contributed by atoms with E-state index in [1.165, 1.54) is 0 Å². The average Bonchev–Trinajstić information content (AvgIpc) is 3.53. The van der Waals surface area contributed by atoms with Crippen LogP contribution in [-0.4, -0.2) is 67.1 Å². The minimum Gasteiger partial charge on any atom is -0.381 e. The quantitative estimate of drug-likeness (QED) is 0.199. The Bertz CT molecular complexity index is 1700. The van der Waals surface area contributed by atoms with Gasteiger partial charge >= 0.3 is 16.3 Å². The molecule has 3 N–H and O–H groups in total. The predicted molar refractivity (Wildman–Crippen MR) is 162 cm³/mol. The summed E-state index contributed by atoms with van der Waals surface area (Å²) in [5.74, 6) is -3.61. The molecule has 11 nitrogen and oxygen atoms in total. The van der Waals surface area contributed by atoms with E-state index in [9.17, 15) is 31.2 Å². The minimum atomic E-state index is -4.72. The van der Waals surface area contributed by atoms with Crippen LogP contribution in [-0.2, 0) is 21.3 Å². The van der Waals surface area contributed by atoms with Crippen LogP contribution in [0.2, 0.25) is 0 Å². The molecule has 1 aromatic heterocycles. The Morgan fingerprint density at radius 2 is 1.84 bits per heavy atom. The Morgan fingerprint density at radius 3 is 2.56 bits per heavy atom. The second-order valence-corrected chi connectivity index (χ2v) is 13.3. The van der Waals surface area contributed by atoms with E-state index in [-0.39, 0.29) is 23.5 Å². The lowest BCUT2D eigenvalue weighted by Crippen LogP contribution is -2.33. The first-order chi connectivity index (χ1) is 21.5. The van der Waals surface area contributed by atoms with Crippen molar-refractivity contribution >= 4 is 50.5 Å². The molecule has 2 aliphatic rings. The van der Waals surface area contributed by atoms with Crippen molar-refractivity contribution in [3.8, 4) is 5.88 Å². The van der Waals surface area contributed by atoms with Gasteiger partial charge in [0.1, 0.15) is 0 Å². The molecule has 0 spiro atoms. The zero-order chi connectivity index (χ0) is 32.0. The fourth-order valence-corrected chi connectivity index (χ4v) is 6.56. The topological polar surface area (TPSA) is 149 Å². The first-order valence-corrected chi connectivity index (χ1v) is 16.5. The highest BCUT2D eigenvalue weighted by atomic mass is 32.2. The van der Waals surface area contributed by atoms with Gasteiger partial charge in [-0.15, -0.1) is 0 Å². The number of hydrogen-bond donors (Lipinski definition) is 3. The van der Waals surface area contributed by atoms with Gasteiger partial charge in [-0.3, -0.25) is 9.59 Å². The van der Waals surface area contributed by atoms with E-state index >= 15 is 0 Å². The van der Waals surface area contributed by atoms with Crippen molar-refractivity contribution in [1.82, 2.24) is 20.0 Å². The highest BCUT2D eigenvalue weighted by Gasteiger charge is 2.31. The molecule has 1 atom stereocenters. The number of hydrogen-bond acceptors (Lipinski definition) is 10. The number of ether oxygens (including phenoxy) is 1. The third kappa shape index (κ3) is 8.85. The molecular formula is C29H30F3N5O6S2. The molecule has 3 aromatic rings. The van der Waals surface area contributed by atoms with Crippen LogP contribution in [0, 0.1) is 5.92 Å². The Balaban J connectivity index is 1.40. The monoisotopic (exact) mass is 665 g/mol. The summed E-state index contributed by atoms with van der Waals surface area (Å²) in [7, 11) is -4.72. The van der Waals surface area contributed by atoms with E-state index in [2.05, 4.69) is 31.4 Å². The van der Waals surface area contributed by atoms with Crippen molar-refractivity contribution in [1.29, 1.82) is 0 Å². The summed E-state index contributed by atoms with van der Waals surface area (Å²) < 4.78 is 75.4. The zero-order valence-electron chi connectivity index (χ0n) is 23.8. The summed E-state index contributed by atoms with van der Waals surface area (Å²) in [6.45, 7) is 1.34. The molecule has 240 valence electrons. The van der Waals surface area contributed by atoms with Gasteiger partial charge in [-0.1, -0.05) is 36.4 Å². The summed E-state index contributed by atoms with van der Waals surface area (Å²) in [6, 6.07) is 10.9. The van der Waals surface area contributed by atoms with Gasteiger partial charge in [-0.05, 0) is 59.5 Å². The summed E-state index contributed by atoms with van der Waals surface area (Å²) >= 11 is 1.59. The molecule has 1 saturated heterocycles. The second-order valence-electron chi connectivity index (χ2n) is 10.5. The molecule has 2 aliphatic heterocycles. The van der Waals surface area contributed by atoms with Gasteiger partial charge in [0.05, 0.1) is 18.4 Å². The van der Waals surface area contributed by atoms with Crippen molar-refractivity contribution in [2.75, 3.05) is 30.8 Å². The maximum atomic E-state index is 13.6. The number of halogens is 3. The molecule has 1 fully saturated rings. The van der Waals surface area contributed by atoms with Crippen LogP contribution < -0.4 is 19.5 Å². The molecule has 1 unspecified atom stereocenters. The number of alkyl halides is 3. The average molecular weight is 666 g/mol. The van der Waals surface area contributed by atoms with Gasteiger partial charge in [0.2, 0.25) is 0 Å². The fourth-order valence-electron chi connectivity index (χ4n) is 4.90. The molecule has 0 aliphatic carbocycles. The van der Waals surface area contributed by atoms with Crippen LogP contribution in [0.4, 0.5) is 19.0 Å². The molecule has 0 bridgehead atoms. The number of carbonyl (C=O) groups is 2. The summed E-state index contributed by atoms with van der Waals surface area (Å²) in [5, 5.41) is 7.08. The maximum Gasteiger partial charge on any atom is 0.390 e. The second kappa shape index (κ2) is 14.0. The first-order valence-electron chi connectivity index (χ1n) is 14.1. The first kappa shape index (κ1) is 32.5. The number of nitrogens with zero attached hydrogens (tertiary/aromatic N) is 2. The van der Waals surface area contributed by atoms with E-state index in [0.717, 1.165) is 23.6 Å². The van der Waals surface area contributed by atoms with Crippen molar-refractivity contribution in [3.63, 3.8) is 0 Å². The molecule has 0 radical (unpaired) electrons. The zero-order valence-corrected chi connectivity index (χ0v) is 25.4. The van der Waals surface area contributed by atoms with E-state index < -0.39 is 51.9 Å². The molecule has 0 saturated carbocycles. The van der Waals surface area contributed by atoms with Gasteiger partial charge in [-0.25, -0.2) is 9.97 Å². The Hall–Kier alpha value is -3.89. The molecule has 2 aromatic carbocycles. The lowest BCUT2D eigenvalue weighted by atomic mass is 9.96. The van der Waals surface area contributed by atoms with Crippen molar-refractivity contribution in [2.45, 2.75) is 37.1 Å². The van der Waals surface area contributed by atoms with Crippen LogP contribution in [0.5, 0.6) is 5.88 Å². The van der Waals surface area contributed by atoms with Crippen LogP contribution in [0.1, 0.15) is 45.7 Å². The molecule has 16 heteroatoms. The van der Waals surface area contributed by atoms with Crippen molar-refractivity contribution in [3.05, 3.63) is 71.7 Å². The van der Waals surface area contributed by atoms with Gasteiger partial charge in [-0.2, -0.15) is 21.6 Å². The maximum absolute atomic E-state index is 13.6. The Kier molecular flexibility index (Phi) is 10.1. The molecule has 5 rings (SSSR count). The minimum absolute atomic E-state index is 0.120. The lowest BCUT2D eigenvalue weighted by molar-refractivity contribution is -0.130. The van der Waals surface area contributed by atoms with Crippen LogP contribution >= 0.6 is 11.9 Å². The number of fused-ring (bicyclic) bond motifs is 1. The number of rotatable bonds is 11. The molecule has 2 amide bonds. The standard InChI is InChI=1S/C29H30F3N5O6S2/c30-29(31,32)10-14-45(40,41)43-24-17-33-26(25(36-24)28(39)34-16-18-8-12-42-13-9-18)37-27(38)23-6-5-19(15-20-7-11-35-44-20)21-3-1-2-4-22(21)23/h1-7,11,17-18,20,35H,8-10,12-16H2,(H,34,39)(H,33,37,38). The van der Waals surface area contributed by atoms with Gasteiger partial charge in [0, 0.05) is 36.8 Å². The number of nitrogens with one attached hydrogen (secondary N) is 3. The van der Waals surface area contributed by atoms with Crippen LogP contribution in [0.15, 0.2) is 54.9 Å². The summed E-state index contributed by atoms with van der Waals surface area (Å²) in [4.78, 5) is 34.8. The highest BCUT2D eigenvalue weighted by molar-refractivity contribution is 7.98. The van der Waals surface area contributed by atoms with Crippen LogP contribution in [0.3, 0.4) is 0 Å². The third-order valence-electron chi connectivity index (χ3n) is 7.22. The number of amides is 2. The van der Waals surface area contributed by atoms with Crippen molar-refractivity contribution < 1.29 is 40.1 Å². The van der Waals surface area contributed by atoms with Gasteiger partial charge < -0.3 is 24.3 Å². The number of aromatic nitrogens is 2. The largest absolute Gasteiger partial charge is 0.390 e. The molecule has 45 heavy (non-hydrogen) atoms. The molecular weight excluding hydrogens is 635 g/mol. The predicted octanol–water partition coefficient (Wildman–Crippen LogP) is 4.38. The van der Waals surface area contributed by atoms with Gasteiger partial charge in [0.15, 0.2) is 11.5 Å². The fraction of sp³-hybridized carbons (Fsp3) is 0.379. The normalized spacial score (nSPS) is 17.2. The van der Waals surface area contributed by atoms with E-state index in [0.29, 0.717) is 37.0 Å². The number of carbonyl (C=O) groups excluding carboxylic acids is 2. The molecule has 3 heterocycles. The Morgan fingerprint density at radius 1 is 1.09 bits per heavy atom. The SMILES string of the molecule is O=C(NCC1CCOCC1)c1nc(OS(=O)(=O)CCC(F)(F)F)cnc1NC(=O)c1ccc(CC2C=CNS2)c2ccccc12. The van der Waals surface area contributed by atoms with Crippen molar-refractivity contribution in [2.24, 2.45) is 5.92 Å². The highest BCUT2D eigenvalue weighted by Crippen LogP contribution is 2.29. The summed E-state index contributed by atoms with van der Waals surface area (Å²) in [5.41, 5.74) is 0.874. The van der Waals surface area contributed by atoms with Crippen LogP contribution in [0.25, 0.3) is 10.8 Å². The van der Waals surface area contributed by atoms with E-state index in [1.54, 1.807) is 30.1 Å². The third-order valence-corrected chi connectivity index (χ3v) is 9.24. The van der Waals surface area contributed by atoms with E-state index in [1.807, 2.05) is 24.4 Å². The number of benzene rings is 2. The van der Waals surface area contributed by atoms with Gasteiger partial charge in [0.25, 0.3) is 17.7 Å². The Labute approximate surface area is 261 Å². The smallest absolute Gasteiger partial charge is 0.381 e. The number of anilines is 1. The lowest BCUT2D eigenvalue weighted by Gasteiger charge is -2.22. The summed E-state index contributed by atoms with van der Waals surface area (Å²) in [6.07, 6.45) is 0.558. The van der Waals surface area contributed by atoms with E-state index in [4.69, 9.17) is 8.92 Å².